The monoisotopic (exact) mass is 231 g/mol. The van der Waals surface area contributed by atoms with Gasteiger partial charge < -0.3 is 5.11 Å². The van der Waals surface area contributed by atoms with Crippen LogP contribution < -0.4 is 0 Å². The van der Waals surface area contributed by atoms with Crippen molar-refractivity contribution in [3.05, 3.63) is 41.7 Å². The molecule has 1 N–H and O–H groups in total. The second kappa shape index (κ2) is 5.10. The molecule has 0 unspecified atom stereocenters. The third-order valence-electron chi connectivity index (χ3n) is 2.71. The Morgan fingerprint density at radius 2 is 2.18 bits per heavy atom. The van der Waals surface area contributed by atoms with Gasteiger partial charge in [0.2, 0.25) is 0 Å². The van der Waals surface area contributed by atoms with E-state index >= 15 is 0 Å². The van der Waals surface area contributed by atoms with Crippen LogP contribution >= 0.6 is 0 Å². The Labute approximate surface area is 101 Å². The van der Waals surface area contributed by atoms with Gasteiger partial charge in [0.1, 0.15) is 0 Å². The van der Waals surface area contributed by atoms with Gasteiger partial charge in [0, 0.05) is 13.0 Å². The van der Waals surface area contributed by atoms with Crippen LogP contribution in [0.1, 0.15) is 31.0 Å². The van der Waals surface area contributed by atoms with Crippen LogP contribution in [-0.2, 0) is 6.42 Å². The molecule has 4 heteroatoms. The fourth-order valence-electron chi connectivity index (χ4n) is 1.68. The molecule has 0 spiro atoms. The van der Waals surface area contributed by atoms with Crippen molar-refractivity contribution in [3.63, 3.8) is 0 Å². The first-order valence-electron chi connectivity index (χ1n) is 5.83. The molecule has 0 aliphatic rings. The molecule has 0 radical (unpaired) electrons. The molecule has 0 saturated heterocycles. The van der Waals surface area contributed by atoms with Crippen molar-refractivity contribution < 1.29 is 5.11 Å². The predicted octanol–water partition coefficient (Wildman–Crippen LogP) is 1.93. The summed E-state index contributed by atoms with van der Waals surface area (Å²) in [7, 11) is 0. The van der Waals surface area contributed by atoms with Crippen molar-refractivity contribution in [1.29, 1.82) is 0 Å². The molecule has 0 saturated carbocycles. The maximum Gasteiger partial charge on any atom is 0.0854 e. The van der Waals surface area contributed by atoms with Crippen LogP contribution in [0.4, 0.5) is 0 Å². The fraction of sp³-hybridized carbons (Fsp3) is 0.385. The standard InChI is InChI=1S/C13H17N3O/c1-10(2)11-4-3-5-13(8-11)16-9-12(6-7-17)14-15-16/h3-5,8-10,17H,6-7H2,1-2H3. The first kappa shape index (κ1) is 11.8. The van der Waals surface area contributed by atoms with Crippen LogP contribution in [0, 0.1) is 0 Å². The van der Waals surface area contributed by atoms with E-state index in [2.05, 4.69) is 36.3 Å². The smallest absolute Gasteiger partial charge is 0.0854 e. The summed E-state index contributed by atoms with van der Waals surface area (Å²) in [6.45, 7) is 4.43. The third-order valence-corrected chi connectivity index (χ3v) is 2.71. The number of aliphatic hydroxyl groups excluding tert-OH is 1. The topological polar surface area (TPSA) is 50.9 Å². The number of aliphatic hydroxyl groups is 1. The molecule has 1 aromatic heterocycles. The number of aromatic nitrogens is 3. The van der Waals surface area contributed by atoms with E-state index in [0.717, 1.165) is 11.4 Å². The van der Waals surface area contributed by atoms with Crippen LogP contribution in [0.3, 0.4) is 0 Å². The van der Waals surface area contributed by atoms with Gasteiger partial charge in [-0.1, -0.05) is 31.2 Å². The van der Waals surface area contributed by atoms with Crippen LogP contribution in [0.15, 0.2) is 30.5 Å². The van der Waals surface area contributed by atoms with Crippen LogP contribution in [-0.4, -0.2) is 26.7 Å². The van der Waals surface area contributed by atoms with E-state index in [-0.39, 0.29) is 6.61 Å². The number of nitrogens with zero attached hydrogens (tertiary/aromatic N) is 3. The summed E-state index contributed by atoms with van der Waals surface area (Å²) in [6.07, 6.45) is 2.40. The van der Waals surface area contributed by atoms with Gasteiger partial charge in [-0.15, -0.1) is 5.10 Å². The normalized spacial score (nSPS) is 11.1. The molecular formula is C13H17N3O. The lowest BCUT2D eigenvalue weighted by molar-refractivity contribution is 0.298. The Hall–Kier alpha value is -1.68. The highest BCUT2D eigenvalue weighted by Gasteiger charge is 2.04. The Morgan fingerprint density at radius 1 is 1.35 bits per heavy atom. The van der Waals surface area contributed by atoms with E-state index in [1.165, 1.54) is 5.56 Å². The second-order valence-electron chi connectivity index (χ2n) is 4.38. The molecule has 17 heavy (non-hydrogen) atoms. The van der Waals surface area contributed by atoms with Crippen molar-refractivity contribution in [1.82, 2.24) is 15.0 Å². The SMILES string of the molecule is CC(C)c1cccc(-n2cc(CCO)nn2)c1. The van der Waals surface area contributed by atoms with Gasteiger partial charge in [0.05, 0.1) is 17.6 Å². The van der Waals surface area contributed by atoms with Crippen LogP contribution in [0.5, 0.6) is 0 Å². The molecule has 0 fully saturated rings. The lowest BCUT2D eigenvalue weighted by Gasteiger charge is -2.07. The molecule has 1 heterocycles. The van der Waals surface area contributed by atoms with E-state index in [9.17, 15) is 0 Å². The number of rotatable bonds is 4. The average molecular weight is 231 g/mol. The molecule has 0 aliphatic heterocycles. The van der Waals surface area contributed by atoms with E-state index in [4.69, 9.17) is 5.11 Å². The quantitative estimate of drug-likeness (QED) is 0.874. The van der Waals surface area contributed by atoms with E-state index in [1.54, 1.807) is 4.68 Å². The molecule has 0 amide bonds. The van der Waals surface area contributed by atoms with Crippen molar-refractivity contribution in [2.24, 2.45) is 0 Å². The number of benzene rings is 1. The summed E-state index contributed by atoms with van der Waals surface area (Å²) in [5, 5.41) is 16.9. The lowest BCUT2D eigenvalue weighted by Crippen LogP contribution is -1.97. The Morgan fingerprint density at radius 3 is 2.88 bits per heavy atom. The molecule has 90 valence electrons. The number of hydrogen-bond acceptors (Lipinski definition) is 3. The molecule has 0 aliphatic carbocycles. The van der Waals surface area contributed by atoms with Crippen LogP contribution in [0.25, 0.3) is 5.69 Å². The molecule has 0 bridgehead atoms. The minimum Gasteiger partial charge on any atom is -0.396 e. The summed E-state index contributed by atoms with van der Waals surface area (Å²) in [4.78, 5) is 0. The molecule has 2 rings (SSSR count). The van der Waals surface area contributed by atoms with Gasteiger partial charge in [-0.3, -0.25) is 0 Å². The largest absolute Gasteiger partial charge is 0.396 e. The zero-order valence-corrected chi connectivity index (χ0v) is 10.2. The van der Waals surface area contributed by atoms with Gasteiger partial charge in [-0.2, -0.15) is 0 Å². The van der Waals surface area contributed by atoms with Crippen molar-refractivity contribution in [3.8, 4) is 5.69 Å². The second-order valence-corrected chi connectivity index (χ2v) is 4.38. The Bertz CT molecular complexity index is 491. The third kappa shape index (κ3) is 2.71. The molecule has 0 atom stereocenters. The Kier molecular flexibility index (Phi) is 3.54. The van der Waals surface area contributed by atoms with E-state index in [1.807, 2.05) is 18.3 Å². The molecule has 2 aromatic rings. The summed E-state index contributed by atoms with van der Waals surface area (Å²) in [5.74, 6) is 0.496. The highest BCUT2D eigenvalue weighted by molar-refractivity contribution is 5.36. The van der Waals surface area contributed by atoms with Crippen molar-refractivity contribution in [2.45, 2.75) is 26.2 Å². The van der Waals surface area contributed by atoms with Gasteiger partial charge in [0.25, 0.3) is 0 Å². The first-order valence-corrected chi connectivity index (χ1v) is 5.83. The fourth-order valence-corrected chi connectivity index (χ4v) is 1.68. The van der Waals surface area contributed by atoms with Gasteiger partial charge in [0.15, 0.2) is 0 Å². The predicted molar refractivity (Wildman–Crippen MR) is 66.2 cm³/mol. The van der Waals surface area contributed by atoms with E-state index in [0.29, 0.717) is 12.3 Å². The molecular weight excluding hydrogens is 214 g/mol. The highest BCUT2D eigenvalue weighted by Crippen LogP contribution is 2.17. The maximum absolute atomic E-state index is 8.84. The van der Waals surface area contributed by atoms with Gasteiger partial charge in [-0.25, -0.2) is 4.68 Å². The minimum atomic E-state index is 0.102. The van der Waals surface area contributed by atoms with Crippen LogP contribution in [0.2, 0.25) is 0 Å². The minimum absolute atomic E-state index is 0.102. The maximum atomic E-state index is 8.84. The summed E-state index contributed by atoms with van der Waals surface area (Å²) >= 11 is 0. The summed E-state index contributed by atoms with van der Waals surface area (Å²) < 4.78 is 1.75. The highest BCUT2D eigenvalue weighted by atomic mass is 16.3. The first-order chi connectivity index (χ1) is 8.20. The zero-order chi connectivity index (χ0) is 12.3. The summed E-state index contributed by atoms with van der Waals surface area (Å²) in [6, 6.07) is 8.25. The zero-order valence-electron chi connectivity index (χ0n) is 10.2. The Balaban J connectivity index is 2.28. The molecule has 1 aromatic carbocycles. The van der Waals surface area contributed by atoms with Crippen molar-refractivity contribution in [2.75, 3.05) is 6.61 Å². The lowest BCUT2D eigenvalue weighted by atomic mass is 10.0. The van der Waals surface area contributed by atoms with Gasteiger partial charge in [-0.05, 0) is 23.6 Å². The van der Waals surface area contributed by atoms with Gasteiger partial charge >= 0.3 is 0 Å². The average Bonchev–Trinajstić information content (AvgIpc) is 2.78. The summed E-state index contributed by atoms with van der Waals surface area (Å²) in [5.41, 5.74) is 3.09. The number of hydrogen-bond donors (Lipinski definition) is 1. The van der Waals surface area contributed by atoms with Crippen molar-refractivity contribution >= 4 is 0 Å². The van der Waals surface area contributed by atoms with E-state index < -0.39 is 0 Å². The molecule has 4 nitrogen and oxygen atoms in total.